The van der Waals surface area contributed by atoms with E-state index >= 15 is 0 Å². The zero-order chi connectivity index (χ0) is 17.4. The molecule has 0 spiro atoms. The minimum Gasteiger partial charge on any atom is -0.508 e. The van der Waals surface area contributed by atoms with Crippen LogP contribution in [0.2, 0.25) is 0 Å². The summed E-state index contributed by atoms with van der Waals surface area (Å²) in [4.78, 5) is 23.5. The molecule has 4 rings (SSSR count). The van der Waals surface area contributed by atoms with Gasteiger partial charge in [-0.15, -0.1) is 0 Å². The molecule has 3 aromatic rings. The van der Waals surface area contributed by atoms with Gasteiger partial charge in [0, 0.05) is 0 Å². The van der Waals surface area contributed by atoms with Crippen LogP contribution < -0.4 is 16.2 Å². The molecule has 0 aliphatic carbocycles. The summed E-state index contributed by atoms with van der Waals surface area (Å²) in [6.07, 6.45) is 3.54. The summed E-state index contributed by atoms with van der Waals surface area (Å²) in [6.45, 7) is 0.799. The summed E-state index contributed by atoms with van der Waals surface area (Å²) in [5.74, 6) is 0.474. The van der Waals surface area contributed by atoms with Gasteiger partial charge in [0.2, 0.25) is 0 Å². The van der Waals surface area contributed by atoms with Crippen molar-refractivity contribution in [2.24, 2.45) is 0 Å². The van der Waals surface area contributed by atoms with Gasteiger partial charge in [0.1, 0.15) is 11.3 Å². The third-order valence-electron chi connectivity index (χ3n) is 4.44. The minimum absolute atomic E-state index is 0.182. The van der Waals surface area contributed by atoms with Crippen molar-refractivity contribution in [2.45, 2.75) is 32.2 Å². The number of aromatic nitrogens is 4. The maximum absolute atomic E-state index is 12.3. The number of ether oxygens (including phenoxy) is 1. The normalized spacial score (nSPS) is 15.0. The van der Waals surface area contributed by atoms with Crippen molar-refractivity contribution in [1.29, 1.82) is 0 Å². The SMILES string of the molecule is Nc1nc2nc3c1[nH]c(=O)n3Cc1ccc(O)c(c1)CCCCCO2. The first-order valence-electron chi connectivity index (χ1n) is 8.31. The van der Waals surface area contributed by atoms with E-state index in [0.717, 1.165) is 36.8 Å². The molecule has 0 fully saturated rings. The number of nitrogen functional groups attached to an aromatic ring is 1. The summed E-state index contributed by atoms with van der Waals surface area (Å²) in [5.41, 5.74) is 8.25. The lowest BCUT2D eigenvalue weighted by molar-refractivity contribution is 0.283. The summed E-state index contributed by atoms with van der Waals surface area (Å²) in [5, 5.41) is 10.1. The van der Waals surface area contributed by atoms with E-state index < -0.39 is 0 Å². The number of imidazole rings is 1. The van der Waals surface area contributed by atoms with E-state index in [1.807, 2.05) is 6.07 Å². The number of benzene rings is 1. The Labute approximate surface area is 143 Å². The third-order valence-corrected chi connectivity index (χ3v) is 4.44. The number of H-pyrrole nitrogens is 1. The number of hydrogen-bond acceptors (Lipinski definition) is 6. The highest BCUT2D eigenvalue weighted by molar-refractivity contribution is 5.81. The van der Waals surface area contributed by atoms with E-state index in [1.54, 1.807) is 12.1 Å². The van der Waals surface area contributed by atoms with Gasteiger partial charge in [-0.1, -0.05) is 12.1 Å². The Bertz CT molecular complexity index is 992. The molecular formula is C17H19N5O3. The van der Waals surface area contributed by atoms with Crippen molar-refractivity contribution in [3.8, 4) is 11.8 Å². The molecule has 1 aliphatic heterocycles. The molecule has 8 nitrogen and oxygen atoms in total. The zero-order valence-electron chi connectivity index (χ0n) is 13.7. The molecule has 130 valence electrons. The van der Waals surface area contributed by atoms with Gasteiger partial charge in [0.05, 0.1) is 13.2 Å². The van der Waals surface area contributed by atoms with E-state index in [0.29, 0.717) is 24.3 Å². The fraction of sp³-hybridized carbons (Fsp3) is 0.353. The van der Waals surface area contributed by atoms with Crippen molar-refractivity contribution in [3.05, 3.63) is 39.8 Å². The van der Waals surface area contributed by atoms with Gasteiger partial charge in [-0.3, -0.25) is 4.57 Å². The van der Waals surface area contributed by atoms with Crippen molar-refractivity contribution >= 4 is 17.0 Å². The van der Waals surface area contributed by atoms with E-state index in [1.165, 1.54) is 4.57 Å². The molecule has 3 heterocycles. The number of aromatic amines is 1. The molecule has 0 amide bonds. The van der Waals surface area contributed by atoms with Crippen LogP contribution in [0.1, 0.15) is 30.4 Å². The number of phenols is 1. The summed E-state index contributed by atoms with van der Waals surface area (Å²) in [7, 11) is 0. The predicted molar refractivity (Wildman–Crippen MR) is 92.8 cm³/mol. The maximum atomic E-state index is 12.3. The minimum atomic E-state index is -0.310. The van der Waals surface area contributed by atoms with Gasteiger partial charge in [0.25, 0.3) is 0 Å². The van der Waals surface area contributed by atoms with Crippen molar-refractivity contribution in [2.75, 3.05) is 12.3 Å². The lowest BCUT2D eigenvalue weighted by Gasteiger charge is -2.11. The largest absolute Gasteiger partial charge is 0.508 e. The lowest BCUT2D eigenvalue weighted by Crippen LogP contribution is -2.18. The molecule has 2 aromatic heterocycles. The van der Waals surface area contributed by atoms with E-state index in [9.17, 15) is 9.90 Å². The molecule has 0 radical (unpaired) electrons. The molecule has 4 N–H and O–H groups in total. The number of nitrogens with two attached hydrogens (primary N) is 1. The number of fused-ring (bicyclic) bond motifs is 3. The van der Waals surface area contributed by atoms with Crippen LogP contribution in [-0.4, -0.2) is 31.2 Å². The summed E-state index contributed by atoms with van der Waals surface area (Å²) < 4.78 is 7.10. The Hall–Kier alpha value is -3.03. The molecule has 0 atom stereocenters. The molecule has 25 heavy (non-hydrogen) atoms. The molecule has 1 aliphatic rings. The first kappa shape index (κ1) is 15.5. The number of phenolic OH excluding ortho intramolecular Hbond substituents is 1. The van der Waals surface area contributed by atoms with Gasteiger partial charge in [-0.05, 0) is 42.9 Å². The average molecular weight is 341 g/mol. The molecule has 0 saturated heterocycles. The van der Waals surface area contributed by atoms with Crippen molar-refractivity contribution in [1.82, 2.24) is 19.5 Å². The quantitative estimate of drug-likeness (QED) is 0.571. The Kier molecular flexibility index (Phi) is 3.79. The van der Waals surface area contributed by atoms with Crippen LogP contribution in [-0.2, 0) is 13.0 Å². The van der Waals surface area contributed by atoms with Gasteiger partial charge in [-0.25, -0.2) is 4.79 Å². The fourth-order valence-corrected chi connectivity index (χ4v) is 3.12. The standard InChI is InChI=1S/C17H19N5O3/c18-14-13-15-21-16(20-14)25-7-3-1-2-4-11-8-10(5-6-12(11)23)9-22(15)17(24)19-13/h5-6,8,23H,1-4,7,9H2,(H,19,24)(H2,18,20,21). The number of hydrogen-bond donors (Lipinski definition) is 3. The second kappa shape index (κ2) is 6.12. The second-order valence-electron chi connectivity index (χ2n) is 6.23. The average Bonchev–Trinajstić information content (AvgIpc) is 2.90. The fourth-order valence-electron chi connectivity index (χ4n) is 3.12. The summed E-state index contributed by atoms with van der Waals surface area (Å²) >= 11 is 0. The first-order valence-corrected chi connectivity index (χ1v) is 8.31. The second-order valence-corrected chi connectivity index (χ2v) is 6.23. The molecule has 8 heteroatoms. The van der Waals surface area contributed by atoms with Gasteiger partial charge in [0.15, 0.2) is 11.5 Å². The smallest absolute Gasteiger partial charge is 0.328 e. The molecule has 4 bridgehead atoms. The molecule has 1 aromatic carbocycles. The lowest BCUT2D eigenvalue weighted by atomic mass is 10.0. The molecule has 0 saturated carbocycles. The van der Waals surface area contributed by atoms with Crippen molar-refractivity contribution < 1.29 is 9.84 Å². The monoisotopic (exact) mass is 341 g/mol. The van der Waals surface area contributed by atoms with Crippen LogP contribution >= 0.6 is 0 Å². The third kappa shape index (κ3) is 2.90. The van der Waals surface area contributed by atoms with Crippen molar-refractivity contribution in [3.63, 3.8) is 0 Å². The van der Waals surface area contributed by atoms with Crippen LogP contribution in [0.25, 0.3) is 11.2 Å². The van der Waals surface area contributed by atoms with Crippen LogP contribution in [0, 0.1) is 0 Å². The number of aromatic hydroxyl groups is 1. The Balaban J connectivity index is 1.87. The van der Waals surface area contributed by atoms with Crippen LogP contribution in [0.4, 0.5) is 5.82 Å². The van der Waals surface area contributed by atoms with E-state index in [2.05, 4.69) is 15.0 Å². The van der Waals surface area contributed by atoms with E-state index in [-0.39, 0.29) is 23.3 Å². The van der Waals surface area contributed by atoms with Crippen LogP contribution in [0.15, 0.2) is 23.0 Å². The highest BCUT2D eigenvalue weighted by Crippen LogP contribution is 2.23. The number of rotatable bonds is 0. The predicted octanol–water partition coefficient (Wildman–Crippen LogP) is 1.56. The highest BCUT2D eigenvalue weighted by Gasteiger charge is 2.16. The number of aryl methyl sites for hydroxylation is 1. The topological polar surface area (TPSA) is 119 Å². The van der Waals surface area contributed by atoms with Gasteiger partial charge >= 0.3 is 11.7 Å². The van der Waals surface area contributed by atoms with Gasteiger partial charge < -0.3 is 20.6 Å². The number of nitrogens with zero attached hydrogens (tertiary/aromatic N) is 3. The summed E-state index contributed by atoms with van der Waals surface area (Å²) in [6, 6.07) is 5.60. The Morgan fingerprint density at radius 1 is 1.24 bits per heavy atom. The highest BCUT2D eigenvalue weighted by atomic mass is 16.5. The number of nitrogens with one attached hydrogen (secondary N) is 1. The van der Waals surface area contributed by atoms with Crippen LogP contribution in [0.5, 0.6) is 11.8 Å². The Morgan fingerprint density at radius 2 is 2.12 bits per heavy atom. The van der Waals surface area contributed by atoms with Gasteiger partial charge in [-0.2, -0.15) is 9.97 Å². The zero-order valence-corrected chi connectivity index (χ0v) is 13.7. The van der Waals surface area contributed by atoms with Crippen LogP contribution in [0.3, 0.4) is 0 Å². The number of anilines is 1. The first-order chi connectivity index (χ1) is 12.1. The maximum Gasteiger partial charge on any atom is 0.328 e. The molecule has 0 unspecified atom stereocenters. The van der Waals surface area contributed by atoms with E-state index in [4.69, 9.17) is 10.5 Å². The molecular weight excluding hydrogens is 322 g/mol. The Morgan fingerprint density at radius 3 is 3.00 bits per heavy atom.